The highest BCUT2D eigenvalue weighted by atomic mass is 16.5. The minimum atomic E-state index is -0.116. The zero-order valence-corrected chi connectivity index (χ0v) is 12.5. The van der Waals surface area contributed by atoms with E-state index in [1.807, 2.05) is 19.1 Å². The Kier molecular flexibility index (Phi) is 4.73. The highest BCUT2D eigenvalue weighted by Crippen LogP contribution is 2.15. The zero-order valence-electron chi connectivity index (χ0n) is 12.5. The fraction of sp³-hybridized carbons (Fsp3) is 0.600. The summed E-state index contributed by atoms with van der Waals surface area (Å²) in [6.07, 6.45) is 0. The second-order valence-corrected chi connectivity index (χ2v) is 5.76. The Labute approximate surface area is 120 Å². The van der Waals surface area contributed by atoms with Gasteiger partial charge >= 0.3 is 0 Å². The van der Waals surface area contributed by atoms with Crippen molar-refractivity contribution >= 4 is 5.91 Å². The predicted octanol–water partition coefficient (Wildman–Crippen LogP) is 1.23. The Morgan fingerprint density at radius 2 is 2.10 bits per heavy atom. The minimum Gasteiger partial charge on any atom is -0.379 e. The molecule has 0 aliphatic carbocycles. The second-order valence-electron chi connectivity index (χ2n) is 5.76. The monoisotopic (exact) mass is 277 g/mol. The summed E-state index contributed by atoms with van der Waals surface area (Å²) in [6.45, 7) is 10.1. The van der Waals surface area contributed by atoms with E-state index < -0.39 is 0 Å². The molecule has 1 N–H and O–H groups in total. The summed E-state index contributed by atoms with van der Waals surface area (Å²) < 4.78 is 5.36. The van der Waals surface area contributed by atoms with Crippen molar-refractivity contribution in [3.8, 4) is 0 Å². The Morgan fingerprint density at radius 1 is 1.40 bits per heavy atom. The number of hydrogen-bond donors (Lipinski definition) is 1. The maximum Gasteiger partial charge on any atom is 0.269 e. The van der Waals surface area contributed by atoms with Gasteiger partial charge in [-0.25, -0.2) is 4.98 Å². The molecule has 1 fully saturated rings. The Bertz CT molecular complexity index is 468. The molecular weight excluding hydrogens is 254 g/mol. The molecule has 1 saturated heterocycles. The maximum absolute atomic E-state index is 12.1. The average Bonchev–Trinajstić information content (AvgIpc) is 2.46. The number of aromatic nitrogens is 1. The first-order valence-electron chi connectivity index (χ1n) is 7.04. The molecule has 110 valence electrons. The van der Waals surface area contributed by atoms with Crippen molar-refractivity contribution in [3.05, 3.63) is 29.6 Å². The predicted molar refractivity (Wildman–Crippen MR) is 77.8 cm³/mol. The van der Waals surface area contributed by atoms with E-state index in [-0.39, 0.29) is 11.4 Å². The van der Waals surface area contributed by atoms with Crippen molar-refractivity contribution in [1.82, 2.24) is 15.2 Å². The molecule has 0 unspecified atom stereocenters. The highest BCUT2D eigenvalue weighted by molar-refractivity contribution is 5.92. The molecular formula is C15H23N3O2. The van der Waals surface area contributed by atoms with Crippen LogP contribution in [0, 0.1) is 6.92 Å². The van der Waals surface area contributed by atoms with Crippen molar-refractivity contribution in [2.24, 2.45) is 0 Å². The van der Waals surface area contributed by atoms with Crippen LogP contribution in [0.3, 0.4) is 0 Å². The summed E-state index contributed by atoms with van der Waals surface area (Å²) >= 11 is 0. The number of pyridine rings is 1. The van der Waals surface area contributed by atoms with E-state index in [2.05, 4.69) is 29.0 Å². The molecule has 20 heavy (non-hydrogen) atoms. The van der Waals surface area contributed by atoms with Gasteiger partial charge < -0.3 is 10.1 Å². The Hall–Kier alpha value is -1.46. The van der Waals surface area contributed by atoms with E-state index in [1.54, 1.807) is 6.07 Å². The van der Waals surface area contributed by atoms with Gasteiger partial charge in [0.1, 0.15) is 5.69 Å². The molecule has 1 aliphatic rings. The molecule has 1 aliphatic heterocycles. The summed E-state index contributed by atoms with van der Waals surface area (Å²) in [6, 6.07) is 5.48. The lowest BCUT2D eigenvalue weighted by molar-refractivity contribution is -0.00924. The van der Waals surface area contributed by atoms with Crippen molar-refractivity contribution < 1.29 is 9.53 Å². The van der Waals surface area contributed by atoms with E-state index in [0.717, 1.165) is 32.0 Å². The van der Waals surface area contributed by atoms with Crippen LogP contribution in [0.5, 0.6) is 0 Å². The van der Waals surface area contributed by atoms with Crippen LogP contribution >= 0.6 is 0 Å². The molecule has 1 aromatic rings. The molecule has 0 saturated carbocycles. The van der Waals surface area contributed by atoms with Gasteiger partial charge in [0.15, 0.2) is 0 Å². The lowest BCUT2D eigenvalue weighted by Gasteiger charge is -2.40. The van der Waals surface area contributed by atoms with Crippen LogP contribution < -0.4 is 5.32 Å². The van der Waals surface area contributed by atoms with Gasteiger partial charge in [0.25, 0.3) is 5.91 Å². The minimum absolute atomic E-state index is 0.0801. The first-order valence-corrected chi connectivity index (χ1v) is 7.04. The van der Waals surface area contributed by atoms with Crippen LogP contribution in [0.1, 0.15) is 30.0 Å². The van der Waals surface area contributed by atoms with E-state index in [4.69, 9.17) is 4.74 Å². The van der Waals surface area contributed by atoms with Crippen LogP contribution in [0.2, 0.25) is 0 Å². The van der Waals surface area contributed by atoms with Gasteiger partial charge in [-0.05, 0) is 32.9 Å². The lowest BCUT2D eigenvalue weighted by atomic mass is 10.0. The van der Waals surface area contributed by atoms with Gasteiger partial charge in [0.05, 0.1) is 13.2 Å². The van der Waals surface area contributed by atoms with E-state index >= 15 is 0 Å². The third-order valence-corrected chi connectivity index (χ3v) is 3.67. The molecule has 5 heteroatoms. The van der Waals surface area contributed by atoms with Crippen molar-refractivity contribution in [1.29, 1.82) is 0 Å². The number of nitrogens with zero attached hydrogens (tertiary/aromatic N) is 2. The molecule has 0 atom stereocenters. The third kappa shape index (κ3) is 3.77. The number of aryl methyl sites for hydroxylation is 1. The largest absolute Gasteiger partial charge is 0.379 e. The van der Waals surface area contributed by atoms with Gasteiger partial charge in [0, 0.05) is 30.9 Å². The van der Waals surface area contributed by atoms with Crippen LogP contribution in [-0.4, -0.2) is 54.2 Å². The fourth-order valence-electron chi connectivity index (χ4n) is 2.34. The molecule has 0 radical (unpaired) electrons. The van der Waals surface area contributed by atoms with Crippen molar-refractivity contribution in [2.45, 2.75) is 26.3 Å². The molecule has 2 rings (SSSR count). The molecule has 0 bridgehead atoms. The summed E-state index contributed by atoms with van der Waals surface area (Å²) in [4.78, 5) is 18.7. The van der Waals surface area contributed by atoms with Gasteiger partial charge in [-0.2, -0.15) is 0 Å². The van der Waals surface area contributed by atoms with Crippen molar-refractivity contribution in [2.75, 3.05) is 32.8 Å². The summed E-state index contributed by atoms with van der Waals surface area (Å²) in [7, 11) is 0. The molecule has 0 spiro atoms. The Morgan fingerprint density at radius 3 is 2.75 bits per heavy atom. The number of hydrogen-bond acceptors (Lipinski definition) is 4. The van der Waals surface area contributed by atoms with Crippen LogP contribution in [0.25, 0.3) is 0 Å². The Balaban J connectivity index is 1.91. The summed E-state index contributed by atoms with van der Waals surface area (Å²) in [5, 5.41) is 2.98. The summed E-state index contributed by atoms with van der Waals surface area (Å²) in [5.74, 6) is -0.116. The van der Waals surface area contributed by atoms with E-state index in [1.165, 1.54) is 0 Å². The van der Waals surface area contributed by atoms with Gasteiger partial charge in [-0.3, -0.25) is 9.69 Å². The van der Waals surface area contributed by atoms with Crippen LogP contribution in [0.15, 0.2) is 18.2 Å². The topological polar surface area (TPSA) is 54.5 Å². The van der Waals surface area contributed by atoms with E-state index in [9.17, 15) is 4.79 Å². The number of nitrogens with one attached hydrogen (secondary N) is 1. The lowest BCUT2D eigenvalue weighted by Crippen LogP contribution is -2.55. The second kappa shape index (κ2) is 6.33. The molecule has 0 aromatic carbocycles. The van der Waals surface area contributed by atoms with Gasteiger partial charge in [-0.1, -0.05) is 6.07 Å². The fourth-order valence-corrected chi connectivity index (χ4v) is 2.34. The van der Waals surface area contributed by atoms with Crippen LogP contribution in [-0.2, 0) is 4.74 Å². The maximum atomic E-state index is 12.1. The number of amides is 1. The van der Waals surface area contributed by atoms with E-state index in [0.29, 0.717) is 12.2 Å². The molecule has 2 heterocycles. The molecule has 1 aromatic heterocycles. The normalized spacial score (nSPS) is 16.9. The first kappa shape index (κ1) is 14.9. The van der Waals surface area contributed by atoms with Crippen LogP contribution in [0.4, 0.5) is 0 Å². The smallest absolute Gasteiger partial charge is 0.269 e. The number of ether oxygens (including phenoxy) is 1. The average molecular weight is 277 g/mol. The number of rotatable bonds is 4. The van der Waals surface area contributed by atoms with Crippen molar-refractivity contribution in [3.63, 3.8) is 0 Å². The number of carbonyl (C=O) groups excluding carboxylic acids is 1. The standard InChI is InChI=1S/C15H23N3O2/c1-12-5-4-6-13(17-12)14(19)16-11-15(2,3)18-7-9-20-10-8-18/h4-6H,7-11H2,1-3H3,(H,16,19). The zero-order chi connectivity index (χ0) is 14.6. The summed E-state index contributed by atoms with van der Waals surface area (Å²) in [5.41, 5.74) is 1.25. The molecule has 1 amide bonds. The number of morpholine rings is 1. The third-order valence-electron chi connectivity index (χ3n) is 3.67. The first-order chi connectivity index (χ1) is 9.49. The van der Waals surface area contributed by atoms with Gasteiger partial charge in [-0.15, -0.1) is 0 Å². The SMILES string of the molecule is Cc1cccc(C(=O)NCC(C)(C)N2CCOCC2)n1. The molecule has 5 nitrogen and oxygen atoms in total. The quantitative estimate of drug-likeness (QED) is 0.899. The highest BCUT2D eigenvalue weighted by Gasteiger charge is 2.28. The number of carbonyl (C=O) groups is 1. The van der Waals surface area contributed by atoms with Gasteiger partial charge in [0.2, 0.25) is 0 Å².